The second kappa shape index (κ2) is 8.42. The number of Topliss-reactive ketones (excluding diaryl/α,β-unsaturated/α-hetero) is 1. The normalized spacial score (nSPS) is 11.5. The topological polar surface area (TPSA) is 120 Å². The Morgan fingerprint density at radius 2 is 1.62 bits per heavy atom. The third-order valence-electron chi connectivity index (χ3n) is 3.94. The molecule has 0 fully saturated rings. The molecule has 0 saturated carbocycles. The zero-order valence-electron chi connectivity index (χ0n) is 15.7. The lowest BCUT2D eigenvalue weighted by molar-refractivity contribution is -0.119. The molecule has 1 heterocycles. The first-order valence-corrected chi connectivity index (χ1v) is 8.62. The summed E-state index contributed by atoms with van der Waals surface area (Å²) in [5.74, 6) is -0.995. The molecule has 2 N–H and O–H groups in total. The number of carbonyl (C=O) groups excluding carboxylic acids is 4. The van der Waals surface area contributed by atoms with Crippen LogP contribution in [0.2, 0.25) is 0 Å². The number of ketones is 1. The minimum absolute atomic E-state index is 0.0302. The zero-order chi connectivity index (χ0) is 21.0. The first-order valence-electron chi connectivity index (χ1n) is 8.62. The predicted molar refractivity (Wildman–Crippen MR) is 102 cm³/mol. The smallest absolute Gasteiger partial charge is 0.338 e. The van der Waals surface area contributed by atoms with E-state index in [1.54, 1.807) is 12.1 Å². The quantitative estimate of drug-likeness (QED) is 0.566. The van der Waals surface area contributed by atoms with Crippen LogP contribution in [0, 0.1) is 0 Å². The molecule has 9 heteroatoms. The zero-order valence-corrected chi connectivity index (χ0v) is 15.7. The van der Waals surface area contributed by atoms with Gasteiger partial charge >= 0.3 is 5.97 Å². The van der Waals surface area contributed by atoms with Crippen molar-refractivity contribution in [1.29, 1.82) is 0 Å². The van der Waals surface area contributed by atoms with Crippen molar-refractivity contribution < 1.29 is 33.4 Å². The number of nitrogens with one attached hydrogen (secondary N) is 2. The van der Waals surface area contributed by atoms with Crippen LogP contribution in [0.15, 0.2) is 36.4 Å². The van der Waals surface area contributed by atoms with Crippen LogP contribution in [0.3, 0.4) is 0 Å². The molecule has 1 aliphatic heterocycles. The van der Waals surface area contributed by atoms with Gasteiger partial charge in [-0.2, -0.15) is 0 Å². The molecule has 0 unspecified atom stereocenters. The Morgan fingerprint density at radius 3 is 2.24 bits per heavy atom. The van der Waals surface area contributed by atoms with Gasteiger partial charge in [0.25, 0.3) is 5.91 Å². The average Bonchev–Trinajstić information content (AvgIpc) is 3.13. The van der Waals surface area contributed by atoms with Crippen molar-refractivity contribution in [3.8, 4) is 11.5 Å². The van der Waals surface area contributed by atoms with Crippen molar-refractivity contribution in [1.82, 2.24) is 0 Å². The third-order valence-corrected chi connectivity index (χ3v) is 3.94. The van der Waals surface area contributed by atoms with Gasteiger partial charge in [0.1, 0.15) is 0 Å². The van der Waals surface area contributed by atoms with Gasteiger partial charge in [0.2, 0.25) is 12.7 Å². The molecule has 0 aromatic heterocycles. The van der Waals surface area contributed by atoms with Crippen molar-refractivity contribution >= 4 is 34.9 Å². The van der Waals surface area contributed by atoms with Crippen LogP contribution < -0.4 is 20.1 Å². The fraction of sp³-hybridized carbons (Fsp3) is 0.200. The lowest BCUT2D eigenvalue weighted by Crippen LogP contribution is -2.22. The number of hydrogen-bond donors (Lipinski definition) is 2. The summed E-state index contributed by atoms with van der Waals surface area (Å²) in [6.45, 7) is 2.22. The number of rotatable bonds is 6. The fourth-order valence-corrected chi connectivity index (χ4v) is 2.63. The maximum Gasteiger partial charge on any atom is 0.338 e. The van der Waals surface area contributed by atoms with Gasteiger partial charge in [-0.1, -0.05) is 0 Å². The van der Waals surface area contributed by atoms with Crippen LogP contribution in [0.4, 0.5) is 11.4 Å². The van der Waals surface area contributed by atoms with Crippen LogP contribution in [-0.4, -0.2) is 37.0 Å². The number of anilines is 2. The van der Waals surface area contributed by atoms with Gasteiger partial charge < -0.3 is 24.8 Å². The molecule has 2 aromatic rings. The van der Waals surface area contributed by atoms with Crippen molar-refractivity contribution in [2.45, 2.75) is 13.8 Å². The molecule has 9 nitrogen and oxygen atoms in total. The number of carbonyl (C=O) groups is 4. The highest BCUT2D eigenvalue weighted by atomic mass is 16.7. The Labute approximate surface area is 165 Å². The van der Waals surface area contributed by atoms with Gasteiger partial charge in [0.15, 0.2) is 23.9 Å². The molecule has 0 atom stereocenters. The first kappa shape index (κ1) is 19.9. The van der Waals surface area contributed by atoms with Gasteiger partial charge in [-0.25, -0.2) is 4.79 Å². The Hall–Kier alpha value is -3.88. The van der Waals surface area contributed by atoms with Crippen molar-refractivity contribution in [3.63, 3.8) is 0 Å². The van der Waals surface area contributed by atoms with E-state index in [9.17, 15) is 19.2 Å². The molecular weight excluding hydrogens is 380 g/mol. The Morgan fingerprint density at radius 1 is 0.966 bits per heavy atom. The standard InChI is InChI=1S/C20H18N2O7/c1-11(23)15-7-17-18(29-10-28-17)8-16(15)22-19(25)9-27-20(26)13-3-5-14(6-4-13)21-12(2)24/h3-8H,9-10H2,1-2H3,(H,21,24)(H,22,25). The van der Waals surface area contributed by atoms with Crippen molar-refractivity contribution in [3.05, 3.63) is 47.5 Å². The minimum Gasteiger partial charge on any atom is -0.454 e. The van der Waals surface area contributed by atoms with Crippen LogP contribution in [-0.2, 0) is 14.3 Å². The second-order valence-corrected chi connectivity index (χ2v) is 6.19. The summed E-state index contributed by atoms with van der Waals surface area (Å²) >= 11 is 0. The Bertz CT molecular complexity index is 983. The Kier molecular flexibility index (Phi) is 5.77. The van der Waals surface area contributed by atoms with E-state index in [1.165, 1.54) is 38.1 Å². The number of amides is 2. The van der Waals surface area contributed by atoms with Gasteiger partial charge in [0.05, 0.1) is 11.3 Å². The first-order chi connectivity index (χ1) is 13.8. The molecule has 0 bridgehead atoms. The van der Waals surface area contributed by atoms with E-state index < -0.39 is 18.5 Å². The monoisotopic (exact) mass is 398 g/mol. The number of benzene rings is 2. The van der Waals surface area contributed by atoms with Gasteiger partial charge in [0, 0.05) is 24.2 Å². The highest BCUT2D eigenvalue weighted by Gasteiger charge is 2.21. The summed E-state index contributed by atoms with van der Waals surface area (Å²) in [7, 11) is 0. The van der Waals surface area contributed by atoms with Crippen LogP contribution in [0.1, 0.15) is 34.6 Å². The second-order valence-electron chi connectivity index (χ2n) is 6.19. The molecule has 2 amide bonds. The lowest BCUT2D eigenvalue weighted by Gasteiger charge is -2.11. The summed E-state index contributed by atoms with van der Waals surface area (Å²) in [6.07, 6.45) is 0. The summed E-state index contributed by atoms with van der Waals surface area (Å²) in [6, 6.07) is 9.00. The van der Waals surface area contributed by atoms with Gasteiger partial charge in [-0.05, 0) is 37.3 Å². The SMILES string of the molecule is CC(=O)Nc1ccc(C(=O)OCC(=O)Nc2cc3c(cc2C(C)=O)OCO3)cc1. The average molecular weight is 398 g/mol. The molecule has 0 radical (unpaired) electrons. The van der Waals surface area contributed by atoms with E-state index in [0.717, 1.165) is 0 Å². The number of esters is 1. The van der Waals surface area contributed by atoms with Crippen LogP contribution in [0.25, 0.3) is 0 Å². The van der Waals surface area contributed by atoms with Gasteiger partial charge in [-0.3, -0.25) is 14.4 Å². The van der Waals surface area contributed by atoms with Crippen LogP contribution >= 0.6 is 0 Å². The largest absolute Gasteiger partial charge is 0.454 e. The van der Waals surface area contributed by atoms with Crippen LogP contribution in [0.5, 0.6) is 11.5 Å². The molecule has 3 rings (SSSR count). The molecule has 0 saturated heterocycles. The lowest BCUT2D eigenvalue weighted by atomic mass is 10.1. The minimum atomic E-state index is -0.702. The molecule has 0 aliphatic carbocycles. The summed E-state index contributed by atoms with van der Waals surface area (Å²) in [5.41, 5.74) is 1.25. The molecule has 2 aromatic carbocycles. The molecule has 1 aliphatic rings. The van der Waals surface area contributed by atoms with Crippen molar-refractivity contribution in [2.75, 3.05) is 24.0 Å². The van der Waals surface area contributed by atoms with E-state index in [4.69, 9.17) is 14.2 Å². The highest BCUT2D eigenvalue weighted by Crippen LogP contribution is 2.37. The maximum absolute atomic E-state index is 12.2. The number of fused-ring (bicyclic) bond motifs is 1. The van der Waals surface area contributed by atoms with E-state index in [1.807, 2.05) is 0 Å². The molecular formula is C20H18N2O7. The summed E-state index contributed by atoms with van der Waals surface area (Å²) in [5, 5.41) is 5.12. The molecule has 0 spiro atoms. The third kappa shape index (κ3) is 4.89. The number of ether oxygens (including phenoxy) is 3. The Balaban J connectivity index is 1.61. The summed E-state index contributed by atoms with van der Waals surface area (Å²) in [4.78, 5) is 47.1. The molecule has 29 heavy (non-hydrogen) atoms. The number of hydrogen-bond acceptors (Lipinski definition) is 7. The van der Waals surface area contributed by atoms with E-state index in [2.05, 4.69) is 10.6 Å². The highest BCUT2D eigenvalue weighted by molar-refractivity contribution is 6.05. The predicted octanol–water partition coefficient (Wildman–Crippen LogP) is 2.37. The summed E-state index contributed by atoms with van der Waals surface area (Å²) < 4.78 is 15.5. The fourth-order valence-electron chi connectivity index (χ4n) is 2.63. The van der Waals surface area contributed by atoms with E-state index >= 15 is 0 Å². The van der Waals surface area contributed by atoms with E-state index in [0.29, 0.717) is 17.2 Å². The maximum atomic E-state index is 12.2. The van der Waals surface area contributed by atoms with E-state index in [-0.39, 0.29) is 35.3 Å². The van der Waals surface area contributed by atoms with Gasteiger partial charge in [-0.15, -0.1) is 0 Å². The molecule has 150 valence electrons. The van der Waals surface area contributed by atoms with Crippen molar-refractivity contribution in [2.24, 2.45) is 0 Å².